The van der Waals surface area contributed by atoms with Crippen LogP contribution in [-0.2, 0) is 27.8 Å². The van der Waals surface area contributed by atoms with Crippen LogP contribution in [0.1, 0.15) is 31.4 Å². The number of hydrogen-bond donors (Lipinski definition) is 0. The van der Waals surface area contributed by atoms with Crippen LogP contribution in [0.5, 0.6) is 0 Å². The minimum absolute atomic E-state index is 0.0322. The molecule has 9 heteroatoms. The van der Waals surface area contributed by atoms with Gasteiger partial charge < -0.3 is 14.4 Å². The Morgan fingerprint density at radius 3 is 2.55 bits per heavy atom. The van der Waals surface area contributed by atoms with Crippen LogP contribution in [0.15, 0.2) is 53.0 Å². The van der Waals surface area contributed by atoms with E-state index in [0.29, 0.717) is 43.2 Å². The maximum Gasteiger partial charge on any atom is 0.285 e. The van der Waals surface area contributed by atoms with E-state index in [1.165, 1.54) is 0 Å². The summed E-state index contributed by atoms with van der Waals surface area (Å²) in [5, 5.41) is 0. The van der Waals surface area contributed by atoms with Gasteiger partial charge in [0.15, 0.2) is 0 Å². The topological polar surface area (TPSA) is 87.9 Å². The van der Waals surface area contributed by atoms with Gasteiger partial charge in [-0.05, 0) is 30.9 Å². The van der Waals surface area contributed by atoms with E-state index in [9.17, 15) is 13.2 Å². The fraction of sp³-hybridized carbons (Fsp3) is 0.409. The predicted molar refractivity (Wildman–Crippen MR) is 120 cm³/mol. The van der Waals surface area contributed by atoms with Crippen LogP contribution in [0, 0.1) is 0 Å². The molecule has 4 rings (SSSR count). The quantitative estimate of drug-likeness (QED) is 0.726. The van der Waals surface area contributed by atoms with E-state index >= 15 is 0 Å². The molecule has 0 aliphatic carbocycles. The van der Waals surface area contributed by atoms with Gasteiger partial charge in [-0.25, -0.2) is 4.98 Å². The van der Waals surface area contributed by atoms with Gasteiger partial charge in [-0.15, -0.1) is 4.40 Å². The number of carbonyl (C=O) groups is 1. The first-order valence-corrected chi connectivity index (χ1v) is 12.0. The highest BCUT2D eigenvalue weighted by Gasteiger charge is 2.34. The molecule has 164 valence electrons. The third-order valence-corrected chi connectivity index (χ3v) is 7.26. The van der Waals surface area contributed by atoms with Gasteiger partial charge in [-0.2, -0.15) is 8.42 Å². The molecule has 1 saturated heterocycles. The number of aromatic nitrogens is 2. The van der Waals surface area contributed by atoms with Crippen molar-refractivity contribution < 1.29 is 13.2 Å². The summed E-state index contributed by atoms with van der Waals surface area (Å²) < 4.78 is 31.6. The molecule has 1 aromatic heterocycles. The largest absolute Gasteiger partial charge is 0.354 e. The zero-order valence-corrected chi connectivity index (χ0v) is 18.7. The molecular weight excluding hydrogens is 414 g/mol. The van der Waals surface area contributed by atoms with Crippen LogP contribution in [-0.4, -0.2) is 65.7 Å². The number of sulfonamides is 1. The fourth-order valence-electron chi connectivity index (χ4n) is 4.09. The zero-order chi connectivity index (χ0) is 22.0. The van der Waals surface area contributed by atoms with Gasteiger partial charge >= 0.3 is 0 Å². The Morgan fingerprint density at radius 2 is 1.87 bits per heavy atom. The van der Waals surface area contributed by atoms with E-state index in [1.54, 1.807) is 23.3 Å². The lowest BCUT2D eigenvalue weighted by Gasteiger charge is -2.24. The van der Waals surface area contributed by atoms with Gasteiger partial charge in [0.1, 0.15) is 17.3 Å². The second-order valence-electron chi connectivity index (χ2n) is 7.85. The van der Waals surface area contributed by atoms with Crippen molar-refractivity contribution in [3.05, 3.63) is 59.7 Å². The molecule has 1 aromatic carbocycles. The minimum Gasteiger partial charge on any atom is -0.354 e. The number of nitrogens with zero attached hydrogens (tertiary/aromatic N) is 5. The van der Waals surface area contributed by atoms with Crippen molar-refractivity contribution in [1.29, 1.82) is 0 Å². The Bertz CT molecular complexity index is 1120. The van der Waals surface area contributed by atoms with Crippen LogP contribution in [0.3, 0.4) is 0 Å². The minimum atomic E-state index is -3.75. The Morgan fingerprint density at radius 1 is 1.10 bits per heavy atom. The maximum atomic E-state index is 12.9. The lowest BCUT2D eigenvalue weighted by Crippen LogP contribution is -2.38. The van der Waals surface area contributed by atoms with Crippen molar-refractivity contribution in [2.45, 2.75) is 33.2 Å². The van der Waals surface area contributed by atoms with Gasteiger partial charge in [0.05, 0.1) is 6.33 Å². The summed E-state index contributed by atoms with van der Waals surface area (Å²) in [6.07, 6.45) is 6.70. The average Bonchev–Trinajstić information content (AvgIpc) is 3.24. The highest BCUT2D eigenvalue weighted by atomic mass is 32.2. The van der Waals surface area contributed by atoms with Gasteiger partial charge in [0.25, 0.3) is 10.0 Å². The highest BCUT2D eigenvalue weighted by molar-refractivity contribution is 8.00. The van der Waals surface area contributed by atoms with Crippen LogP contribution in [0.2, 0.25) is 0 Å². The number of amidine groups is 1. The average molecular weight is 442 g/mol. The second kappa shape index (κ2) is 8.66. The van der Waals surface area contributed by atoms with Crippen LogP contribution in [0.25, 0.3) is 4.91 Å². The van der Waals surface area contributed by atoms with Crippen LogP contribution in [0.4, 0.5) is 0 Å². The molecule has 0 atom stereocenters. The Labute approximate surface area is 183 Å². The molecule has 2 aliphatic heterocycles. The SMILES string of the molecule is CCc1ccc(C2=C(C)C(N3CCCN(C(=O)Cn4ccnc4)CC3)=NS2(=O)=O)cc1. The van der Waals surface area contributed by atoms with E-state index in [4.69, 9.17) is 0 Å². The van der Waals surface area contributed by atoms with E-state index in [-0.39, 0.29) is 17.4 Å². The molecule has 31 heavy (non-hydrogen) atoms. The van der Waals surface area contributed by atoms with Crippen LogP contribution < -0.4 is 0 Å². The van der Waals surface area contributed by atoms with Crippen molar-refractivity contribution in [3.63, 3.8) is 0 Å². The summed E-state index contributed by atoms with van der Waals surface area (Å²) in [5.74, 6) is 0.531. The molecule has 1 amide bonds. The summed E-state index contributed by atoms with van der Waals surface area (Å²) >= 11 is 0. The van der Waals surface area contributed by atoms with Crippen molar-refractivity contribution in [2.24, 2.45) is 4.40 Å². The molecule has 3 heterocycles. The molecule has 0 radical (unpaired) electrons. The lowest BCUT2D eigenvalue weighted by atomic mass is 10.1. The van der Waals surface area contributed by atoms with Crippen molar-refractivity contribution in [1.82, 2.24) is 19.4 Å². The Kier molecular flexibility index (Phi) is 5.95. The molecule has 0 N–H and O–H groups in total. The monoisotopic (exact) mass is 441 g/mol. The maximum absolute atomic E-state index is 12.9. The van der Waals surface area contributed by atoms with E-state index in [2.05, 4.69) is 16.3 Å². The highest BCUT2D eigenvalue weighted by Crippen LogP contribution is 2.34. The van der Waals surface area contributed by atoms with Gasteiger partial charge in [0, 0.05) is 44.1 Å². The Balaban J connectivity index is 1.51. The van der Waals surface area contributed by atoms with E-state index in [0.717, 1.165) is 18.4 Å². The number of rotatable bonds is 4. The third kappa shape index (κ3) is 4.41. The first kappa shape index (κ1) is 21.3. The molecular formula is C22H27N5O3S. The molecule has 0 saturated carbocycles. The molecule has 0 unspecified atom stereocenters. The molecule has 0 bridgehead atoms. The van der Waals surface area contributed by atoms with Crippen molar-refractivity contribution >= 4 is 26.7 Å². The summed E-state index contributed by atoms with van der Waals surface area (Å²) in [7, 11) is -3.75. The summed E-state index contributed by atoms with van der Waals surface area (Å²) in [4.78, 5) is 20.7. The molecule has 8 nitrogen and oxygen atoms in total. The van der Waals surface area contributed by atoms with Gasteiger partial charge in [0.2, 0.25) is 5.91 Å². The zero-order valence-electron chi connectivity index (χ0n) is 17.9. The second-order valence-corrected chi connectivity index (χ2v) is 9.39. The number of amides is 1. The summed E-state index contributed by atoms with van der Waals surface area (Å²) in [5.41, 5.74) is 2.49. The van der Waals surface area contributed by atoms with Gasteiger partial charge in [-0.3, -0.25) is 4.79 Å². The molecule has 1 fully saturated rings. The molecule has 0 spiro atoms. The van der Waals surface area contributed by atoms with Crippen molar-refractivity contribution in [3.8, 4) is 0 Å². The number of imidazole rings is 1. The first-order chi connectivity index (χ1) is 14.9. The molecule has 2 aromatic rings. The predicted octanol–water partition coefficient (Wildman–Crippen LogP) is 2.15. The number of aryl methyl sites for hydroxylation is 1. The first-order valence-electron chi connectivity index (χ1n) is 10.5. The fourth-order valence-corrected chi connectivity index (χ4v) is 5.57. The van der Waals surface area contributed by atoms with Gasteiger partial charge in [-0.1, -0.05) is 31.2 Å². The van der Waals surface area contributed by atoms with Crippen LogP contribution >= 0.6 is 0 Å². The standard InChI is InChI=1S/C22H27N5O3S/c1-3-18-5-7-19(8-6-18)21-17(2)22(24-31(21,29)30)27-11-4-10-26(13-14-27)20(28)15-25-12-9-23-16-25/h5-9,12,16H,3-4,10-11,13-15H2,1-2H3. The van der Waals surface area contributed by atoms with Crippen molar-refractivity contribution in [2.75, 3.05) is 26.2 Å². The smallest absolute Gasteiger partial charge is 0.285 e. The summed E-state index contributed by atoms with van der Waals surface area (Å²) in [6, 6.07) is 7.62. The number of carbonyl (C=O) groups excluding carboxylic acids is 1. The lowest BCUT2D eigenvalue weighted by molar-refractivity contribution is -0.131. The van der Waals surface area contributed by atoms with E-state index < -0.39 is 10.0 Å². The number of benzene rings is 1. The number of hydrogen-bond acceptors (Lipinski definition) is 5. The summed E-state index contributed by atoms with van der Waals surface area (Å²) in [6.45, 7) is 6.51. The molecule has 2 aliphatic rings. The third-order valence-electron chi connectivity index (χ3n) is 5.79. The normalized spacial score (nSPS) is 18.8. The van der Waals surface area contributed by atoms with E-state index in [1.807, 2.05) is 41.0 Å². The Hall–Kier alpha value is -2.94.